The number of rotatable bonds is 4. The second-order valence-corrected chi connectivity index (χ2v) is 7.53. The fraction of sp³-hybridized carbons (Fsp3) is 0.333. The van der Waals surface area contributed by atoms with Gasteiger partial charge in [-0.25, -0.2) is 18.1 Å². The number of sulfonamides is 1. The Kier molecular flexibility index (Phi) is 4.27. The van der Waals surface area contributed by atoms with Crippen molar-refractivity contribution in [3.63, 3.8) is 0 Å². The van der Waals surface area contributed by atoms with Crippen molar-refractivity contribution in [2.45, 2.75) is 37.7 Å². The number of hydrogen-bond acceptors (Lipinski definition) is 6. The minimum absolute atomic E-state index is 0.0507. The number of aryl methyl sites for hydroxylation is 1. The maximum absolute atomic E-state index is 12.5. The number of aromatic nitrogens is 1. The first-order valence-electron chi connectivity index (χ1n) is 7.30. The van der Waals surface area contributed by atoms with Crippen LogP contribution < -0.4 is 9.46 Å². The SMILES string of the molecule is CCc1ocnc1C(=O)NS(=O)(=O)c1cc(Cl)c2c(c1)CC(C)O2. The number of carbonyl (C=O) groups is 1. The molecule has 1 aliphatic rings. The van der Waals surface area contributed by atoms with E-state index >= 15 is 0 Å². The van der Waals surface area contributed by atoms with E-state index in [1.165, 1.54) is 12.1 Å². The van der Waals surface area contributed by atoms with E-state index in [1.807, 2.05) is 11.6 Å². The number of ether oxygens (including phenoxy) is 1. The molecule has 1 amide bonds. The molecule has 1 aliphatic heterocycles. The molecule has 9 heteroatoms. The molecular formula is C15H15ClN2O5S. The van der Waals surface area contributed by atoms with Crippen LogP contribution in [-0.2, 0) is 22.9 Å². The Morgan fingerprint density at radius 2 is 2.21 bits per heavy atom. The lowest BCUT2D eigenvalue weighted by Crippen LogP contribution is -2.31. The van der Waals surface area contributed by atoms with Crippen LogP contribution in [0, 0.1) is 0 Å². The molecule has 0 fully saturated rings. The minimum Gasteiger partial charge on any atom is -0.489 e. The number of halogens is 1. The van der Waals surface area contributed by atoms with Crippen LogP contribution in [0.4, 0.5) is 0 Å². The summed E-state index contributed by atoms with van der Waals surface area (Å²) in [6.45, 7) is 3.64. The summed E-state index contributed by atoms with van der Waals surface area (Å²) in [6, 6.07) is 2.72. The van der Waals surface area contributed by atoms with Crippen molar-refractivity contribution >= 4 is 27.5 Å². The van der Waals surface area contributed by atoms with E-state index < -0.39 is 15.9 Å². The molecule has 1 aromatic heterocycles. The van der Waals surface area contributed by atoms with Crippen LogP contribution in [0.1, 0.15) is 35.7 Å². The van der Waals surface area contributed by atoms with E-state index in [9.17, 15) is 13.2 Å². The molecule has 0 saturated heterocycles. The van der Waals surface area contributed by atoms with E-state index in [0.717, 1.165) is 6.39 Å². The molecule has 0 aliphatic carbocycles. The van der Waals surface area contributed by atoms with Gasteiger partial charge in [0, 0.05) is 18.4 Å². The van der Waals surface area contributed by atoms with Gasteiger partial charge in [0.05, 0.1) is 9.92 Å². The summed E-state index contributed by atoms with van der Waals surface area (Å²) in [5.74, 6) is -0.0436. The number of benzene rings is 1. The number of oxazole rings is 1. The summed E-state index contributed by atoms with van der Waals surface area (Å²) in [4.78, 5) is 15.8. The predicted molar refractivity (Wildman–Crippen MR) is 85.8 cm³/mol. The number of amides is 1. The summed E-state index contributed by atoms with van der Waals surface area (Å²) < 4.78 is 37.5. The number of nitrogens with one attached hydrogen (secondary N) is 1. The molecule has 0 radical (unpaired) electrons. The normalized spacial score (nSPS) is 16.5. The van der Waals surface area contributed by atoms with Crippen molar-refractivity contribution in [1.29, 1.82) is 0 Å². The second kappa shape index (κ2) is 6.10. The zero-order valence-corrected chi connectivity index (χ0v) is 14.6. The fourth-order valence-corrected chi connectivity index (χ4v) is 3.93. The quantitative estimate of drug-likeness (QED) is 0.886. The van der Waals surface area contributed by atoms with Gasteiger partial charge in [0.25, 0.3) is 15.9 Å². The zero-order chi connectivity index (χ0) is 17.5. The van der Waals surface area contributed by atoms with Gasteiger partial charge in [0.15, 0.2) is 12.1 Å². The molecule has 0 bridgehead atoms. The summed E-state index contributed by atoms with van der Waals surface area (Å²) in [5, 5.41) is 0.195. The smallest absolute Gasteiger partial charge is 0.287 e. The van der Waals surface area contributed by atoms with E-state index in [-0.39, 0.29) is 21.7 Å². The van der Waals surface area contributed by atoms with Crippen molar-refractivity contribution in [2.24, 2.45) is 0 Å². The molecular weight excluding hydrogens is 356 g/mol. The molecule has 0 spiro atoms. The van der Waals surface area contributed by atoms with Gasteiger partial charge < -0.3 is 9.15 Å². The average Bonchev–Trinajstić information content (AvgIpc) is 3.12. The van der Waals surface area contributed by atoms with Crippen LogP contribution in [0.5, 0.6) is 5.75 Å². The van der Waals surface area contributed by atoms with Crippen LogP contribution in [0.3, 0.4) is 0 Å². The highest BCUT2D eigenvalue weighted by Gasteiger charge is 2.28. The summed E-state index contributed by atoms with van der Waals surface area (Å²) in [6.07, 6.45) is 2.00. The first-order chi connectivity index (χ1) is 11.3. The summed E-state index contributed by atoms with van der Waals surface area (Å²) >= 11 is 6.10. The van der Waals surface area contributed by atoms with E-state index in [4.69, 9.17) is 20.8 Å². The van der Waals surface area contributed by atoms with Crippen molar-refractivity contribution in [3.8, 4) is 5.75 Å². The van der Waals surface area contributed by atoms with Crippen molar-refractivity contribution in [1.82, 2.24) is 9.71 Å². The first kappa shape index (κ1) is 16.8. The maximum Gasteiger partial charge on any atom is 0.287 e. The molecule has 1 atom stereocenters. The summed E-state index contributed by atoms with van der Waals surface area (Å²) in [7, 11) is -4.09. The van der Waals surface area contributed by atoms with Gasteiger partial charge in [-0.1, -0.05) is 18.5 Å². The Morgan fingerprint density at radius 3 is 2.92 bits per heavy atom. The van der Waals surface area contributed by atoms with Crippen LogP contribution in [0.15, 0.2) is 27.8 Å². The van der Waals surface area contributed by atoms with Gasteiger partial charge >= 0.3 is 0 Å². The molecule has 7 nitrogen and oxygen atoms in total. The number of carbonyl (C=O) groups excluding carboxylic acids is 1. The Balaban J connectivity index is 1.91. The predicted octanol–water partition coefficient (Wildman–Crippen LogP) is 2.33. The second-order valence-electron chi connectivity index (χ2n) is 5.44. The molecule has 1 aromatic carbocycles. The molecule has 1 unspecified atom stereocenters. The highest BCUT2D eigenvalue weighted by Crippen LogP contribution is 2.37. The Labute approximate surface area is 144 Å². The van der Waals surface area contributed by atoms with Gasteiger partial charge in [-0.15, -0.1) is 0 Å². The molecule has 0 saturated carbocycles. The van der Waals surface area contributed by atoms with Crippen molar-refractivity contribution in [3.05, 3.63) is 40.6 Å². The lowest BCUT2D eigenvalue weighted by molar-refractivity contribution is 0.0975. The molecule has 24 heavy (non-hydrogen) atoms. The minimum atomic E-state index is -4.09. The Bertz CT molecular complexity index is 907. The average molecular weight is 371 g/mol. The molecule has 2 aromatic rings. The highest BCUT2D eigenvalue weighted by atomic mass is 35.5. The van der Waals surface area contributed by atoms with Crippen LogP contribution in [-0.4, -0.2) is 25.4 Å². The van der Waals surface area contributed by atoms with Gasteiger partial charge in [0.2, 0.25) is 0 Å². The van der Waals surface area contributed by atoms with E-state index in [2.05, 4.69) is 4.98 Å². The number of fused-ring (bicyclic) bond motifs is 1. The van der Waals surface area contributed by atoms with Gasteiger partial charge in [0.1, 0.15) is 17.6 Å². The molecule has 1 N–H and O–H groups in total. The highest BCUT2D eigenvalue weighted by molar-refractivity contribution is 7.90. The number of nitrogens with zero attached hydrogens (tertiary/aromatic N) is 1. The lowest BCUT2D eigenvalue weighted by atomic mass is 10.1. The monoisotopic (exact) mass is 370 g/mol. The first-order valence-corrected chi connectivity index (χ1v) is 9.16. The topological polar surface area (TPSA) is 98.5 Å². The Morgan fingerprint density at radius 1 is 1.46 bits per heavy atom. The fourth-order valence-electron chi connectivity index (χ4n) is 2.55. The molecule has 2 heterocycles. The lowest BCUT2D eigenvalue weighted by Gasteiger charge is -2.09. The van der Waals surface area contributed by atoms with E-state index in [1.54, 1.807) is 6.92 Å². The maximum atomic E-state index is 12.5. The Hall–Kier alpha value is -2.06. The zero-order valence-electron chi connectivity index (χ0n) is 13.0. The third-order valence-electron chi connectivity index (χ3n) is 3.63. The third kappa shape index (κ3) is 2.99. The third-order valence-corrected chi connectivity index (χ3v) is 5.23. The van der Waals surface area contributed by atoms with Crippen LogP contribution in [0.25, 0.3) is 0 Å². The van der Waals surface area contributed by atoms with E-state index in [0.29, 0.717) is 29.9 Å². The standard InChI is InChI=1S/C15H15ClN2O5S/c1-3-12-13(17-7-22-12)15(19)18-24(20,21)10-5-9-4-8(2)23-14(9)11(16)6-10/h5-8H,3-4H2,1-2H3,(H,18,19). The van der Waals surface area contributed by atoms with Crippen molar-refractivity contribution < 1.29 is 22.4 Å². The van der Waals surface area contributed by atoms with Gasteiger partial charge in [-0.05, 0) is 19.1 Å². The largest absolute Gasteiger partial charge is 0.489 e. The van der Waals surface area contributed by atoms with Crippen molar-refractivity contribution in [2.75, 3.05) is 0 Å². The molecule has 128 valence electrons. The van der Waals surface area contributed by atoms with Crippen LogP contribution >= 0.6 is 11.6 Å². The molecule has 3 rings (SSSR count). The number of hydrogen-bond donors (Lipinski definition) is 1. The van der Waals surface area contributed by atoms with Gasteiger partial charge in [-0.2, -0.15) is 0 Å². The van der Waals surface area contributed by atoms with Crippen LogP contribution in [0.2, 0.25) is 5.02 Å². The summed E-state index contributed by atoms with van der Waals surface area (Å²) in [5.41, 5.74) is 0.642. The van der Waals surface area contributed by atoms with Gasteiger partial charge in [-0.3, -0.25) is 4.79 Å².